The van der Waals surface area contributed by atoms with Gasteiger partial charge in [-0.25, -0.2) is 0 Å². The molecular formula is C20H35IN4O3. The van der Waals surface area contributed by atoms with E-state index < -0.39 is 0 Å². The Hall–Kier alpha value is -1.71. The van der Waals surface area contributed by atoms with Crippen molar-refractivity contribution < 1.29 is 14.3 Å². The van der Waals surface area contributed by atoms with Gasteiger partial charge < -0.3 is 25.0 Å². The monoisotopic (exact) mass is 506 g/mol. The van der Waals surface area contributed by atoms with Crippen molar-refractivity contribution in [1.29, 1.82) is 0 Å². The molecule has 0 unspecified atom stereocenters. The number of rotatable bonds is 12. The molecule has 7 nitrogen and oxygen atoms in total. The molecule has 1 amide bonds. The summed E-state index contributed by atoms with van der Waals surface area (Å²) in [6.45, 7) is 10.1. The molecule has 8 heteroatoms. The standard InChI is InChI=1S/C20H34N4O3.HI/c1-5-21-20(23-15-13-19(25)24(6-2)7-3)22-14-8-16-27-18-11-9-17(26-4)10-12-18;/h9-12H,5-8,13-16H2,1-4H3,(H2,21,22,23);1H. The quantitative estimate of drug-likeness (QED) is 0.198. The maximum absolute atomic E-state index is 12.0. The highest BCUT2D eigenvalue weighted by Crippen LogP contribution is 2.16. The summed E-state index contributed by atoms with van der Waals surface area (Å²) in [4.78, 5) is 18.4. The number of halogens is 1. The van der Waals surface area contributed by atoms with E-state index in [1.807, 2.05) is 49.9 Å². The Morgan fingerprint density at radius 3 is 2.29 bits per heavy atom. The van der Waals surface area contributed by atoms with E-state index in [1.165, 1.54) is 0 Å². The molecule has 160 valence electrons. The van der Waals surface area contributed by atoms with Gasteiger partial charge in [0.15, 0.2) is 5.96 Å². The van der Waals surface area contributed by atoms with Crippen molar-refractivity contribution in [3.63, 3.8) is 0 Å². The molecule has 0 radical (unpaired) electrons. The molecule has 0 fully saturated rings. The normalized spacial score (nSPS) is 10.6. The molecular weight excluding hydrogens is 471 g/mol. The maximum atomic E-state index is 12.0. The van der Waals surface area contributed by atoms with Crippen LogP contribution in [0.5, 0.6) is 11.5 Å². The lowest BCUT2D eigenvalue weighted by molar-refractivity contribution is -0.130. The van der Waals surface area contributed by atoms with E-state index in [-0.39, 0.29) is 29.9 Å². The van der Waals surface area contributed by atoms with E-state index in [1.54, 1.807) is 7.11 Å². The van der Waals surface area contributed by atoms with Crippen LogP contribution in [0.2, 0.25) is 0 Å². The van der Waals surface area contributed by atoms with Gasteiger partial charge >= 0.3 is 0 Å². The van der Waals surface area contributed by atoms with Crippen molar-refractivity contribution in [3.05, 3.63) is 24.3 Å². The average Bonchev–Trinajstić information content (AvgIpc) is 2.69. The minimum Gasteiger partial charge on any atom is -0.497 e. The molecule has 0 heterocycles. The van der Waals surface area contributed by atoms with Crippen molar-refractivity contribution in [2.24, 2.45) is 4.99 Å². The number of hydrogen-bond donors (Lipinski definition) is 2. The second-order valence-electron chi connectivity index (χ2n) is 5.88. The fraction of sp³-hybridized carbons (Fsp3) is 0.600. The third kappa shape index (κ3) is 10.6. The van der Waals surface area contributed by atoms with E-state index in [2.05, 4.69) is 15.6 Å². The minimum atomic E-state index is 0. The Bertz CT molecular complexity index is 563. The summed E-state index contributed by atoms with van der Waals surface area (Å²) in [5.74, 6) is 2.53. The predicted octanol–water partition coefficient (Wildman–Crippen LogP) is 2.90. The number of ether oxygens (including phenoxy) is 2. The third-order valence-corrected chi connectivity index (χ3v) is 3.99. The maximum Gasteiger partial charge on any atom is 0.224 e. The minimum absolute atomic E-state index is 0. The number of amides is 1. The molecule has 1 aromatic carbocycles. The molecule has 1 aromatic rings. The first-order valence-electron chi connectivity index (χ1n) is 9.71. The zero-order valence-electron chi connectivity index (χ0n) is 17.5. The van der Waals surface area contributed by atoms with Crippen molar-refractivity contribution >= 4 is 35.8 Å². The average molecular weight is 506 g/mol. The Morgan fingerprint density at radius 2 is 1.71 bits per heavy atom. The van der Waals surface area contributed by atoms with Gasteiger partial charge in [-0.05, 0) is 45.0 Å². The van der Waals surface area contributed by atoms with Crippen LogP contribution >= 0.6 is 24.0 Å². The number of nitrogens with one attached hydrogen (secondary N) is 2. The van der Waals surface area contributed by atoms with E-state index in [9.17, 15) is 4.79 Å². The molecule has 0 aromatic heterocycles. The van der Waals surface area contributed by atoms with Gasteiger partial charge in [0.1, 0.15) is 11.5 Å². The van der Waals surface area contributed by atoms with Crippen LogP contribution in [0.3, 0.4) is 0 Å². The number of hydrogen-bond acceptors (Lipinski definition) is 4. The number of guanidine groups is 1. The third-order valence-electron chi connectivity index (χ3n) is 3.99. The van der Waals surface area contributed by atoms with Crippen molar-refractivity contribution in [1.82, 2.24) is 15.5 Å². The topological polar surface area (TPSA) is 75.2 Å². The molecule has 1 rings (SSSR count). The molecule has 0 bridgehead atoms. The van der Waals surface area contributed by atoms with Crippen molar-refractivity contribution in [2.75, 3.05) is 46.4 Å². The van der Waals surface area contributed by atoms with Crippen molar-refractivity contribution in [2.45, 2.75) is 33.6 Å². The van der Waals surface area contributed by atoms with E-state index >= 15 is 0 Å². The lowest BCUT2D eigenvalue weighted by Crippen LogP contribution is -2.40. The van der Waals surface area contributed by atoms with Crippen LogP contribution < -0.4 is 20.1 Å². The molecule has 0 saturated heterocycles. The smallest absolute Gasteiger partial charge is 0.224 e. The van der Waals surface area contributed by atoms with Crippen LogP contribution in [0.15, 0.2) is 29.3 Å². The molecule has 2 N–H and O–H groups in total. The van der Waals surface area contributed by atoms with Crippen LogP contribution in [-0.2, 0) is 4.79 Å². The number of aliphatic imine (C=N–C) groups is 1. The Kier molecular flexibility index (Phi) is 15.3. The molecule has 0 spiro atoms. The second-order valence-corrected chi connectivity index (χ2v) is 5.88. The lowest BCUT2D eigenvalue weighted by Gasteiger charge is -2.19. The fourth-order valence-electron chi connectivity index (χ4n) is 2.48. The Labute approximate surface area is 186 Å². The number of benzene rings is 1. The Morgan fingerprint density at radius 1 is 1.07 bits per heavy atom. The van der Waals surface area contributed by atoms with Gasteiger partial charge in [-0.2, -0.15) is 0 Å². The van der Waals surface area contributed by atoms with Gasteiger partial charge in [0.2, 0.25) is 5.91 Å². The highest BCUT2D eigenvalue weighted by Gasteiger charge is 2.09. The summed E-state index contributed by atoms with van der Waals surface area (Å²) < 4.78 is 10.8. The van der Waals surface area contributed by atoms with Gasteiger partial charge in [-0.15, -0.1) is 24.0 Å². The molecule has 0 aliphatic rings. The summed E-state index contributed by atoms with van der Waals surface area (Å²) in [6, 6.07) is 7.53. The largest absolute Gasteiger partial charge is 0.497 e. The van der Waals surface area contributed by atoms with Crippen LogP contribution in [0.25, 0.3) is 0 Å². The second kappa shape index (κ2) is 16.3. The van der Waals surface area contributed by atoms with Crippen LogP contribution in [-0.4, -0.2) is 63.2 Å². The van der Waals surface area contributed by atoms with Gasteiger partial charge in [0, 0.05) is 45.6 Å². The SMILES string of the molecule is CCNC(=NCCCOc1ccc(OC)cc1)NCCC(=O)N(CC)CC.I. The molecule has 0 atom stereocenters. The predicted molar refractivity (Wildman–Crippen MR) is 125 cm³/mol. The van der Waals surface area contributed by atoms with E-state index in [4.69, 9.17) is 9.47 Å². The first kappa shape index (κ1) is 26.3. The summed E-state index contributed by atoms with van der Waals surface area (Å²) in [5.41, 5.74) is 0. The summed E-state index contributed by atoms with van der Waals surface area (Å²) >= 11 is 0. The first-order valence-corrected chi connectivity index (χ1v) is 9.71. The first-order chi connectivity index (χ1) is 13.1. The summed E-state index contributed by atoms with van der Waals surface area (Å²) in [7, 11) is 1.64. The summed E-state index contributed by atoms with van der Waals surface area (Å²) in [6.07, 6.45) is 1.27. The number of carbonyl (C=O) groups excluding carboxylic acids is 1. The zero-order chi connectivity index (χ0) is 19.9. The molecule has 28 heavy (non-hydrogen) atoms. The summed E-state index contributed by atoms with van der Waals surface area (Å²) in [5, 5.41) is 6.41. The van der Waals surface area contributed by atoms with Crippen LogP contribution in [0, 0.1) is 0 Å². The fourth-order valence-corrected chi connectivity index (χ4v) is 2.48. The molecule has 0 saturated carbocycles. The molecule has 0 aliphatic heterocycles. The van der Waals surface area contributed by atoms with E-state index in [0.29, 0.717) is 26.1 Å². The molecule has 0 aliphatic carbocycles. The number of nitrogens with zero attached hydrogens (tertiary/aromatic N) is 2. The Balaban J connectivity index is 0.00000729. The highest BCUT2D eigenvalue weighted by atomic mass is 127. The van der Waals surface area contributed by atoms with Gasteiger partial charge in [-0.3, -0.25) is 9.79 Å². The van der Waals surface area contributed by atoms with Crippen LogP contribution in [0.1, 0.15) is 33.6 Å². The van der Waals surface area contributed by atoms with Gasteiger partial charge in [-0.1, -0.05) is 0 Å². The van der Waals surface area contributed by atoms with Gasteiger partial charge in [0.05, 0.1) is 13.7 Å². The number of methoxy groups -OCH3 is 1. The van der Waals surface area contributed by atoms with Crippen LogP contribution in [0.4, 0.5) is 0 Å². The lowest BCUT2D eigenvalue weighted by atomic mass is 10.3. The van der Waals surface area contributed by atoms with Crippen molar-refractivity contribution in [3.8, 4) is 11.5 Å². The van der Waals surface area contributed by atoms with Gasteiger partial charge in [0.25, 0.3) is 0 Å². The zero-order valence-corrected chi connectivity index (χ0v) is 19.8. The highest BCUT2D eigenvalue weighted by molar-refractivity contribution is 14.0. The number of carbonyl (C=O) groups is 1. The van der Waals surface area contributed by atoms with E-state index in [0.717, 1.165) is 43.5 Å².